The summed E-state index contributed by atoms with van der Waals surface area (Å²) in [5, 5.41) is 3.48. The molecule has 17 heavy (non-hydrogen) atoms. The first-order valence-electron chi connectivity index (χ1n) is 5.77. The van der Waals surface area contributed by atoms with E-state index in [4.69, 9.17) is 0 Å². The third-order valence-electron chi connectivity index (χ3n) is 2.80. The zero-order valence-corrected chi connectivity index (χ0v) is 10.6. The molecule has 0 saturated heterocycles. The summed E-state index contributed by atoms with van der Waals surface area (Å²) in [6.07, 6.45) is 0. The van der Waals surface area contributed by atoms with Crippen LogP contribution in [0, 0.1) is 6.92 Å². The van der Waals surface area contributed by atoms with Gasteiger partial charge in [0.05, 0.1) is 11.4 Å². The lowest BCUT2D eigenvalue weighted by atomic mass is 10.2. The van der Waals surface area contributed by atoms with Gasteiger partial charge in [0.15, 0.2) is 0 Å². The first-order valence-corrected chi connectivity index (χ1v) is 5.77. The number of nitrogens with zero attached hydrogens (tertiary/aromatic N) is 1. The number of aryl methyl sites for hydroxylation is 1. The Morgan fingerprint density at radius 1 is 0.824 bits per heavy atom. The van der Waals surface area contributed by atoms with Gasteiger partial charge in [0.1, 0.15) is 0 Å². The van der Waals surface area contributed by atoms with Gasteiger partial charge in [-0.05, 0) is 30.7 Å². The number of rotatable bonds is 3. The van der Waals surface area contributed by atoms with E-state index in [1.54, 1.807) is 0 Å². The molecule has 0 aromatic heterocycles. The Balaban J connectivity index is 2.34. The van der Waals surface area contributed by atoms with Gasteiger partial charge in [0.2, 0.25) is 0 Å². The summed E-state index contributed by atoms with van der Waals surface area (Å²) in [5.74, 6) is 0. The van der Waals surface area contributed by atoms with Crippen LogP contribution in [0.15, 0.2) is 48.5 Å². The van der Waals surface area contributed by atoms with Crippen LogP contribution < -0.4 is 10.2 Å². The molecule has 0 saturated carbocycles. The van der Waals surface area contributed by atoms with Crippen LogP contribution in [0.25, 0.3) is 0 Å². The van der Waals surface area contributed by atoms with Crippen molar-refractivity contribution < 1.29 is 0 Å². The van der Waals surface area contributed by atoms with Gasteiger partial charge in [-0.1, -0.05) is 30.3 Å². The van der Waals surface area contributed by atoms with Crippen molar-refractivity contribution in [3.05, 3.63) is 54.1 Å². The number of hydrogen-bond acceptors (Lipinski definition) is 2. The van der Waals surface area contributed by atoms with Crippen molar-refractivity contribution >= 4 is 17.1 Å². The van der Waals surface area contributed by atoms with Crippen molar-refractivity contribution in [1.82, 2.24) is 0 Å². The van der Waals surface area contributed by atoms with Gasteiger partial charge in [0, 0.05) is 19.8 Å². The molecule has 2 nitrogen and oxygen atoms in total. The highest BCUT2D eigenvalue weighted by Crippen LogP contribution is 2.28. The summed E-state index contributed by atoms with van der Waals surface area (Å²) in [5.41, 5.74) is 4.73. The molecule has 0 amide bonds. The number of hydrogen-bond donors (Lipinski definition) is 1. The molecule has 0 heterocycles. The van der Waals surface area contributed by atoms with Gasteiger partial charge in [-0.3, -0.25) is 0 Å². The smallest absolute Gasteiger partial charge is 0.0621 e. The summed E-state index contributed by atoms with van der Waals surface area (Å²) >= 11 is 0. The van der Waals surface area contributed by atoms with Gasteiger partial charge >= 0.3 is 0 Å². The van der Waals surface area contributed by atoms with Gasteiger partial charge in [0.25, 0.3) is 0 Å². The molecule has 2 aromatic carbocycles. The van der Waals surface area contributed by atoms with E-state index in [1.165, 1.54) is 11.3 Å². The monoisotopic (exact) mass is 226 g/mol. The Kier molecular flexibility index (Phi) is 3.33. The van der Waals surface area contributed by atoms with Crippen LogP contribution in [0.5, 0.6) is 0 Å². The molecule has 0 spiro atoms. The lowest BCUT2D eigenvalue weighted by Crippen LogP contribution is -2.10. The first kappa shape index (κ1) is 11.5. The second-order valence-electron chi connectivity index (χ2n) is 4.35. The minimum absolute atomic E-state index is 1.13. The molecular weight excluding hydrogens is 208 g/mol. The van der Waals surface area contributed by atoms with Crippen molar-refractivity contribution in [2.45, 2.75) is 6.92 Å². The highest BCUT2D eigenvalue weighted by molar-refractivity contribution is 5.75. The lowest BCUT2D eigenvalue weighted by molar-refractivity contribution is 1.13. The van der Waals surface area contributed by atoms with E-state index in [9.17, 15) is 0 Å². The summed E-state index contributed by atoms with van der Waals surface area (Å²) < 4.78 is 0. The van der Waals surface area contributed by atoms with Crippen molar-refractivity contribution in [1.29, 1.82) is 0 Å². The fourth-order valence-corrected chi connectivity index (χ4v) is 1.83. The third-order valence-corrected chi connectivity index (χ3v) is 2.80. The average Bonchev–Trinajstić information content (AvgIpc) is 2.32. The molecule has 1 N–H and O–H groups in total. The topological polar surface area (TPSA) is 15.3 Å². The maximum atomic E-state index is 3.48. The predicted molar refractivity (Wildman–Crippen MR) is 75.2 cm³/mol. The summed E-state index contributed by atoms with van der Waals surface area (Å²) in [6.45, 7) is 2.11. The molecule has 0 atom stereocenters. The van der Waals surface area contributed by atoms with Gasteiger partial charge in [-0.15, -0.1) is 0 Å². The van der Waals surface area contributed by atoms with Crippen molar-refractivity contribution in [2.75, 3.05) is 24.3 Å². The minimum atomic E-state index is 1.13. The van der Waals surface area contributed by atoms with E-state index >= 15 is 0 Å². The molecule has 0 fully saturated rings. The van der Waals surface area contributed by atoms with Crippen molar-refractivity contribution in [3.63, 3.8) is 0 Å². The highest BCUT2D eigenvalue weighted by Gasteiger charge is 2.04. The van der Waals surface area contributed by atoms with Crippen molar-refractivity contribution in [3.8, 4) is 0 Å². The predicted octanol–water partition coefficient (Wildman–Crippen LogP) is 3.80. The number of para-hydroxylation sites is 3. The number of benzene rings is 2. The van der Waals surface area contributed by atoms with E-state index in [1.807, 2.05) is 12.1 Å². The maximum Gasteiger partial charge on any atom is 0.0621 e. The maximum absolute atomic E-state index is 3.48. The molecule has 88 valence electrons. The third kappa shape index (κ3) is 2.59. The second-order valence-corrected chi connectivity index (χ2v) is 4.35. The summed E-state index contributed by atoms with van der Waals surface area (Å²) in [6, 6.07) is 16.6. The molecule has 0 radical (unpaired) electrons. The minimum Gasteiger partial charge on any atom is -0.376 e. The first-order chi connectivity index (χ1) is 8.18. The normalized spacial score (nSPS) is 10.1. The van der Waals surface area contributed by atoms with E-state index in [0.717, 1.165) is 11.4 Å². The van der Waals surface area contributed by atoms with Crippen LogP contribution in [0.1, 0.15) is 5.56 Å². The van der Waals surface area contributed by atoms with Crippen LogP contribution >= 0.6 is 0 Å². The number of nitrogens with one attached hydrogen (secondary N) is 1. The number of anilines is 3. The second kappa shape index (κ2) is 4.91. The van der Waals surface area contributed by atoms with E-state index in [0.29, 0.717) is 0 Å². The fraction of sp³-hybridized carbons (Fsp3) is 0.200. The quantitative estimate of drug-likeness (QED) is 0.856. The Bertz CT molecular complexity index is 504. The molecule has 0 aliphatic rings. The Morgan fingerprint density at radius 3 is 2.06 bits per heavy atom. The summed E-state index contributed by atoms with van der Waals surface area (Å²) in [7, 11) is 4.11. The van der Waals surface area contributed by atoms with Crippen LogP contribution in [0.4, 0.5) is 17.1 Å². The Labute approximate surface area is 103 Å². The summed E-state index contributed by atoms with van der Waals surface area (Å²) in [4.78, 5) is 2.11. The molecule has 0 unspecified atom stereocenters. The molecule has 0 bridgehead atoms. The molecule has 0 aliphatic carbocycles. The average molecular weight is 226 g/mol. The molecule has 2 heteroatoms. The van der Waals surface area contributed by atoms with Gasteiger partial charge in [-0.2, -0.15) is 0 Å². The van der Waals surface area contributed by atoms with Crippen molar-refractivity contribution in [2.24, 2.45) is 0 Å². The Hall–Kier alpha value is -1.96. The van der Waals surface area contributed by atoms with Crippen LogP contribution in [0.3, 0.4) is 0 Å². The lowest BCUT2D eigenvalue weighted by Gasteiger charge is -2.19. The van der Waals surface area contributed by atoms with E-state index in [-0.39, 0.29) is 0 Å². The molecule has 2 aromatic rings. The SMILES string of the molecule is Cc1ccccc1Nc1ccccc1N(C)C. The molecule has 2 rings (SSSR count). The largest absolute Gasteiger partial charge is 0.376 e. The van der Waals surface area contributed by atoms with E-state index < -0.39 is 0 Å². The molecule has 0 aliphatic heterocycles. The van der Waals surface area contributed by atoms with Crippen LogP contribution in [-0.2, 0) is 0 Å². The Morgan fingerprint density at radius 2 is 1.41 bits per heavy atom. The van der Waals surface area contributed by atoms with E-state index in [2.05, 4.69) is 67.6 Å². The van der Waals surface area contributed by atoms with Gasteiger partial charge < -0.3 is 10.2 Å². The zero-order chi connectivity index (χ0) is 12.3. The standard InChI is InChI=1S/C15H18N2/c1-12-8-4-5-9-13(12)16-14-10-6-7-11-15(14)17(2)3/h4-11,16H,1-3H3. The fourth-order valence-electron chi connectivity index (χ4n) is 1.83. The molecular formula is C15H18N2. The van der Waals surface area contributed by atoms with Gasteiger partial charge in [-0.25, -0.2) is 0 Å². The zero-order valence-electron chi connectivity index (χ0n) is 10.6. The van der Waals surface area contributed by atoms with Crippen LogP contribution in [-0.4, -0.2) is 14.1 Å². The highest BCUT2D eigenvalue weighted by atomic mass is 15.1. The van der Waals surface area contributed by atoms with Crippen LogP contribution in [0.2, 0.25) is 0 Å².